The highest BCUT2D eigenvalue weighted by Gasteiger charge is 2.26. The van der Waals surface area contributed by atoms with Crippen LogP contribution < -0.4 is 4.74 Å². The van der Waals surface area contributed by atoms with Crippen LogP contribution in [0.25, 0.3) is 0 Å². The van der Waals surface area contributed by atoms with E-state index in [2.05, 4.69) is 34.7 Å². The highest BCUT2D eigenvalue weighted by molar-refractivity contribution is 9.10. The zero-order valence-electron chi connectivity index (χ0n) is 12.4. The highest BCUT2D eigenvalue weighted by Crippen LogP contribution is 2.27. The van der Waals surface area contributed by atoms with Crippen LogP contribution in [0.3, 0.4) is 0 Å². The zero-order valence-corrected chi connectivity index (χ0v) is 13.9. The maximum Gasteiger partial charge on any atom is 0.176 e. The van der Waals surface area contributed by atoms with Gasteiger partial charge in [-0.3, -0.25) is 9.69 Å². The van der Waals surface area contributed by atoms with Gasteiger partial charge in [-0.15, -0.1) is 0 Å². The van der Waals surface area contributed by atoms with E-state index in [0.29, 0.717) is 12.5 Å². The fourth-order valence-electron chi connectivity index (χ4n) is 2.68. The molecule has 0 aliphatic carbocycles. The molecule has 1 saturated heterocycles. The Hall–Kier alpha value is -0.870. The number of ketones is 1. The maximum absolute atomic E-state index is 12.3. The second-order valence-corrected chi connectivity index (χ2v) is 6.65. The lowest BCUT2D eigenvalue weighted by Crippen LogP contribution is -2.28. The standard InChI is InChI=1S/C16H22BrNO2/c1-11(2)13-6-7-18(9-13)10-15(19)12-4-5-16(20-3)14(17)8-12/h4-5,8,11,13H,6-7,9-10H2,1-3H3. The predicted octanol–water partition coefficient (Wildman–Crippen LogP) is 3.62. The quantitative estimate of drug-likeness (QED) is 0.767. The number of methoxy groups -OCH3 is 1. The summed E-state index contributed by atoms with van der Waals surface area (Å²) >= 11 is 3.43. The number of likely N-dealkylation sites (tertiary alicyclic amines) is 1. The number of hydrogen-bond donors (Lipinski definition) is 0. The molecule has 1 fully saturated rings. The lowest BCUT2D eigenvalue weighted by Gasteiger charge is -2.17. The number of halogens is 1. The fourth-order valence-corrected chi connectivity index (χ4v) is 3.23. The summed E-state index contributed by atoms with van der Waals surface area (Å²) in [6.07, 6.45) is 1.21. The van der Waals surface area contributed by atoms with Crippen LogP contribution in [0.1, 0.15) is 30.6 Å². The Labute approximate surface area is 129 Å². The van der Waals surface area contributed by atoms with Gasteiger partial charge in [0.15, 0.2) is 5.78 Å². The summed E-state index contributed by atoms with van der Waals surface area (Å²) in [6, 6.07) is 5.51. The number of benzene rings is 1. The topological polar surface area (TPSA) is 29.5 Å². The fraction of sp³-hybridized carbons (Fsp3) is 0.562. The third kappa shape index (κ3) is 3.61. The molecule has 0 bridgehead atoms. The number of carbonyl (C=O) groups is 1. The lowest BCUT2D eigenvalue weighted by molar-refractivity contribution is 0.0942. The molecule has 2 rings (SSSR count). The van der Waals surface area contributed by atoms with E-state index in [1.807, 2.05) is 18.2 Å². The van der Waals surface area contributed by atoms with Crippen molar-refractivity contribution >= 4 is 21.7 Å². The molecule has 110 valence electrons. The monoisotopic (exact) mass is 339 g/mol. The Kier molecular flexibility index (Phi) is 5.22. The second kappa shape index (κ2) is 6.72. The predicted molar refractivity (Wildman–Crippen MR) is 84.4 cm³/mol. The molecule has 20 heavy (non-hydrogen) atoms. The van der Waals surface area contributed by atoms with Crippen LogP contribution in [-0.2, 0) is 0 Å². The van der Waals surface area contributed by atoms with E-state index in [1.54, 1.807) is 7.11 Å². The molecule has 1 aliphatic heterocycles. The van der Waals surface area contributed by atoms with Crippen molar-refractivity contribution in [2.45, 2.75) is 20.3 Å². The summed E-state index contributed by atoms with van der Waals surface area (Å²) in [5, 5.41) is 0. The van der Waals surface area contributed by atoms with Crippen molar-refractivity contribution in [3.8, 4) is 5.75 Å². The smallest absolute Gasteiger partial charge is 0.176 e. The van der Waals surface area contributed by atoms with Crippen LogP contribution in [-0.4, -0.2) is 37.4 Å². The van der Waals surface area contributed by atoms with E-state index in [0.717, 1.165) is 34.8 Å². The Morgan fingerprint density at radius 2 is 2.25 bits per heavy atom. The van der Waals surface area contributed by atoms with Crippen LogP contribution in [0, 0.1) is 11.8 Å². The number of Topliss-reactive ketones (excluding diaryl/α,β-unsaturated/α-hetero) is 1. The summed E-state index contributed by atoms with van der Waals surface area (Å²) < 4.78 is 6.01. The van der Waals surface area contributed by atoms with Crippen molar-refractivity contribution in [1.82, 2.24) is 4.90 Å². The summed E-state index contributed by atoms with van der Waals surface area (Å²) in [4.78, 5) is 14.6. The Balaban J connectivity index is 1.97. The molecule has 0 radical (unpaired) electrons. The van der Waals surface area contributed by atoms with Crippen molar-refractivity contribution < 1.29 is 9.53 Å². The number of rotatable bonds is 5. The second-order valence-electron chi connectivity index (χ2n) is 5.80. The van der Waals surface area contributed by atoms with Gasteiger partial charge in [0.25, 0.3) is 0 Å². The van der Waals surface area contributed by atoms with E-state index < -0.39 is 0 Å². The minimum absolute atomic E-state index is 0.178. The van der Waals surface area contributed by atoms with E-state index in [9.17, 15) is 4.79 Å². The van der Waals surface area contributed by atoms with E-state index in [-0.39, 0.29) is 5.78 Å². The molecule has 1 aliphatic rings. The molecule has 3 nitrogen and oxygen atoms in total. The van der Waals surface area contributed by atoms with Crippen molar-refractivity contribution in [1.29, 1.82) is 0 Å². The Morgan fingerprint density at radius 1 is 1.50 bits per heavy atom. The largest absolute Gasteiger partial charge is 0.496 e. The molecule has 1 aromatic rings. The molecular weight excluding hydrogens is 318 g/mol. The molecule has 4 heteroatoms. The van der Waals surface area contributed by atoms with E-state index in [1.165, 1.54) is 6.42 Å². The van der Waals surface area contributed by atoms with Gasteiger partial charge in [0.05, 0.1) is 18.1 Å². The lowest BCUT2D eigenvalue weighted by atomic mass is 9.95. The van der Waals surface area contributed by atoms with E-state index in [4.69, 9.17) is 4.74 Å². The molecular formula is C16H22BrNO2. The van der Waals surface area contributed by atoms with Crippen molar-refractivity contribution in [2.24, 2.45) is 11.8 Å². The first-order chi connectivity index (χ1) is 9.51. The van der Waals surface area contributed by atoms with Gasteiger partial charge in [-0.2, -0.15) is 0 Å². The molecule has 1 atom stereocenters. The SMILES string of the molecule is COc1ccc(C(=O)CN2CCC(C(C)C)C2)cc1Br. The van der Waals surface area contributed by atoms with Crippen LogP contribution in [0.4, 0.5) is 0 Å². The van der Waals surface area contributed by atoms with Crippen molar-refractivity contribution in [3.05, 3.63) is 28.2 Å². The average molecular weight is 340 g/mol. The summed E-state index contributed by atoms with van der Waals surface area (Å²) in [6.45, 7) is 7.11. The average Bonchev–Trinajstić information content (AvgIpc) is 2.87. The van der Waals surface area contributed by atoms with Crippen molar-refractivity contribution in [2.75, 3.05) is 26.7 Å². The van der Waals surface area contributed by atoms with Gasteiger partial charge in [0.2, 0.25) is 0 Å². The molecule has 1 unspecified atom stereocenters. The third-order valence-corrected chi connectivity index (χ3v) is 4.71. The van der Waals surface area contributed by atoms with Crippen LogP contribution in [0.5, 0.6) is 5.75 Å². The summed E-state index contributed by atoms with van der Waals surface area (Å²) in [5.41, 5.74) is 0.741. The molecule has 0 saturated carbocycles. The first-order valence-corrected chi connectivity index (χ1v) is 7.89. The molecule has 0 spiro atoms. The first kappa shape index (κ1) is 15.5. The number of nitrogens with zero attached hydrogens (tertiary/aromatic N) is 1. The number of hydrogen-bond acceptors (Lipinski definition) is 3. The third-order valence-electron chi connectivity index (χ3n) is 4.09. The minimum atomic E-state index is 0.178. The highest BCUT2D eigenvalue weighted by atomic mass is 79.9. The van der Waals surface area contributed by atoms with Gasteiger partial charge in [-0.05, 0) is 58.9 Å². The molecule has 1 heterocycles. The zero-order chi connectivity index (χ0) is 14.7. The summed E-state index contributed by atoms with van der Waals surface area (Å²) in [5.74, 6) is 2.36. The van der Waals surface area contributed by atoms with E-state index >= 15 is 0 Å². The maximum atomic E-state index is 12.3. The van der Waals surface area contributed by atoms with Crippen LogP contribution >= 0.6 is 15.9 Å². The Bertz CT molecular complexity index is 487. The number of ether oxygens (including phenoxy) is 1. The molecule has 1 aromatic carbocycles. The van der Waals surface area contributed by atoms with Crippen molar-refractivity contribution in [3.63, 3.8) is 0 Å². The molecule has 0 aromatic heterocycles. The first-order valence-electron chi connectivity index (χ1n) is 7.10. The molecule has 0 amide bonds. The van der Waals surface area contributed by atoms with Crippen LogP contribution in [0.2, 0.25) is 0 Å². The van der Waals surface area contributed by atoms with Gasteiger partial charge >= 0.3 is 0 Å². The molecule has 0 N–H and O–H groups in total. The van der Waals surface area contributed by atoms with Gasteiger partial charge in [0, 0.05) is 12.1 Å². The van der Waals surface area contributed by atoms with Gasteiger partial charge in [-0.25, -0.2) is 0 Å². The normalized spacial score (nSPS) is 19.6. The minimum Gasteiger partial charge on any atom is -0.496 e. The Morgan fingerprint density at radius 3 is 2.80 bits per heavy atom. The van der Waals surface area contributed by atoms with Gasteiger partial charge in [-0.1, -0.05) is 13.8 Å². The number of carbonyl (C=O) groups excluding carboxylic acids is 1. The van der Waals surface area contributed by atoms with Gasteiger partial charge < -0.3 is 4.74 Å². The van der Waals surface area contributed by atoms with Crippen LogP contribution in [0.15, 0.2) is 22.7 Å². The summed E-state index contributed by atoms with van der Waals surface area (Å²) in [7, 11) is 1.62. The van der Waals surface area contributed by atoms with Gasteiger partial charge in [0.1, 0.15) is 5.75 Å².